The van der Waals surface area contributed by atoms with Gasteiger partial charge in [0.25, 0.3) is 0 Å². The Labute approximate surface area is 122 Å². The van der Waals surface area contributed by atoms with Crippen LogP contribution in [0.25, 0.3) is 0 Å². The van der Waals surface area contributed by atoms with Gasteiger partial charge in [-0.15, -0.1) is 0 Å². The minimum Gasteiger partial charge on any atom is -0.497 e. The molecular weight excluding hydrogens is 272 g/mol. The number of halogens is 2. The van der Waals surface area contributed by atoms with Gasteiger partial charge in [-0.05, 0) is 54.2 Å². The van der Waals surface area contributed by atoms with E-state index in [9.17, 15) is 8.78 Å². The first-order valence-electron chi connectivity index (χ1n) is 6.93. The van der Waals surface area contributed by atoms with Crippen LogP contribution in [-0.4, -0.2) is 7.11 Å². The highest BCUT2D eigenvalue weighted by atomic mass is 19.2. The molecule has 2 N–H and O–H groups in total. The zero-order chi connectivity index (χ0) is 15.0. The number of hydrogen-bond donors (Lipinski definition) is 1. The Morgan fingerprint density at radius 2 is 2.05 bits per heavy atom. The Bertz CT molecular complexity index is 686. The van der Waals surface area contributed by atoms with E-state index in [0.29, 0.717) is 12.0 Å². The fraction of sp³-hybridized carbons (Fsp3) is 0.294. The number of benzene rings is 2. The van der Waals surface area contributed by atoms with Gasteiger partial charge in [0.05, 0.1) is 7.11 Å². The van der Waals surface area contributed by atoms with Gasteiger partial charge >= 0.3 is 0 Å². The van der Waals surface area contributed by atoms with Crippen molar-refractivity contribution < 1.29 is 13.5 Å². The minimum atomic E-state index is -0.833. The first-order chi connectivity index (χ1) is 10.0. The van der Waals surface area contributed by atoms with Gasteiger partial charge in [0.1, 0.15) is 5.75 Å². The number of hydrogen-bond acceptors (Lipinski definition) is 2. The predicted molar refractivity (Wildman–Crippen MR) is 77.2 cm³/mol. The highest BCUT2D eigenvalue weighted by molar-refractivity contribution is 5.45. The molecule has 0 bridgehead atoms. The second kappa shape index (κ2) is 5.11. The maximum Gasteiger partial charge on any atom is 0.162 e. The van der Waals surface area contributed by atoms with E-state index in [1.807, 2.05) is 18.2 Å². The fourth-order valence-corrected chi connectivity index (χ4v) is 3.06. The van der Waals surface area contributed by atoms with Crippen molar-refractivity contribution in [2.45, 2.75) is 24.8 Å². The van der Waals surface area contributed by atoms with Crippen LogP contribution in [0, 0.1) is 11.6 Å². The number of nitrogens with two attached hydrogens (primary N) is 1. The second-order valence-corrected chi connectivity index (χ2v) is 5.57. The van der Waals surface area contributed by atoms with Crippen LogP contribution >= 0.6 is 0 Å². The van der Waals surface area contributed by atoms with Crippen molar-refractivity contribution in [2.75, 3.05) is 7.11 Å². The molecule has 110 valence electrons. The molecule has 1 aliphatic carbocycles. The van der Waals surface area contributed by atoms with E-state index in [2.05, 4.69) is 0 Å². The first kappa shape index (κ1) is 14.0. The monoisotopic (exact) mass is 289 g/mol. The Kier molecular flexibility index (Phi) is 3.41. The zero-order valence-electron chi connectivity index (χ0n) is 11.8. The number of fused-ring (bicyclic) bond motifs is 1. The van der Waals surface area contributed by atoms with Gasteiger partial charge in [-0.1, -0.05) is 18.2 Å². The third-order valence-electron chi connectivity index (χ3n) is 4.23. The standard InChI is InChI=1S/C17H17F2NO/c1-21-13-6-5-11-7-8-17(20,14(11)9-13)10-12-3-2-4-15(18)16(12)19/h2-6,9H,7-8,10,20H2,1H3. The molecule has 1 atom stereocenters. The summed E-state index contributed by atoms with van der Waals surface area (Å²) in [7, 11) is 1.60. The Hall–Kier alpha value is -1.94. The Morgan fingerprint density at radius 3 is 2.81 bits per heavy atom. The van der Waals surface area contributed by atoms with Crippen LogP contribution in [0.4, 0.5) is 8.78 Å². The second-order valence-electron chi connectivity index (χ2n) is 5.57. The predicted octanol–water partition coefficient (Wildman–Crippen LogP) is 3.32. The molecule has 2 aromatic rings. The molecule has 0 saturated carbocycles. The van der Waals surface area contributed by atoms with Crippen LogP contribution < -0.4 is 10.5 Å². The topological polar surface area (TPSA) is 35.2 Å². The van der Waals surface area contributed by atoms with Gasteiger partial charge in [-0.3, -0.25) is 0 Å². The molecule has 4 heteroatoms. The van der Waals surface area contributed by atoms with Gasteiger partial charge in [0.15, 0.2) is 11.6 Å². The molecule has 1 aliphatic rings. The molecule has 0 fully saturated rings. The summed E-state index contributed by atoms with van der Waals surface area (Å²) in [5.74, 6) is -0.913. The van der Waals surface area contributed by atoms with Crippen LogP contribution in [0.5, 0.6) is 5.75 Å². The molecule has 0 aromatic heterocycles. The van der Waals surface area contributed by atoms with Crippen LogP contribution in [0.1, 0.15) is 23.1 Å². The molecule has 1 unspecified atom stereocenters. The Balaban J connectivity index is 1.99. The average molecular weight is 289 g/mol. The van der Waals surface area contributed by atoms with E-state index in [1.54, 1.807) is 13.2 Å². The van der Waals surface area contributed by atoms with Gasteiger partial charge < -0.3 is 10.5 Å². The maximum absolute atomic E-state index is 13.9. The smallest absolute Gasteiger partial charge is 0.162 e. The van der Waals surface area contributed by atoms with Crippen molar-refractivity contribution in [1.82, 2.24) is 0 Å². The van der Waals surface area contributed by atoms with E-state index in [-0.39, 0.29) is 6.42 Å². The molecule has 0 amide bonds. The van der Waals surface area contributed by atoms with Gasteiger partial charge in [0, 0.05) is 5.54 Å². The van der Waals surface area contributed by atoms with Crippen LogP contribution in [0.2, 0.25) is 0 Å². The molecule has 0 saturated heterocycles. The average Bonchev–Trinajstić information content (AvgIpc) is 2.81. The lowest BCUT2D eigenvalue weighted by atomic mass is 9.86. The molecule has 21 heavy (non-hydrogen) atoms. The van der Waals surface area contributed by atoms with E-state index >= 15 is 0 Å². The molecule has 2 aromatic carbocycles. The number of methoxy groups -OCH3 is 1. The van der Waals surface area contributed by atoms with E-state index in [4.69, 9.17) is 10.5 Å². The van der Waals surface area contributed by atoms with E-state index < -0.39 is 17.2 Å². The van der Waals surface area contributed by atoms with Crippen LogP contribution in [0.15, 0.2) is 36.4 Å². The molecule has 2 nitrogen and oxygen atoms in total. The van der Waals surface area contributed by atoms with Gasteiger partial charge in [-0.2, -0.15) is 0 Å². The quantitative estimate of drug-likeness (QED) is 0.940. The highest BCUT2D eigenvalue weighted by Gasteiger charge is 2.36. The lowest BCUT2D eigenvalue weighted by Gasteiger charge is -2.26. The summed E-state index contributed by atoms with van der Waals surface area (Å²) in [6.45, 7) is 0. The van der Waals surface area contributed by atoms with E-state index in [1.165, 1.54) is 6.07 Å². The normalized spacial score (nSPS) is 20.4. The molecule has 0 aliphatic heterocycles. The number of rotatable bonds is 3. The van der Waals surface area contributed by atoms with Crippen molar-refractivity contribution in [2.24, 2.45) is 5.73 Å². The van der Waals surface area contributed by atoms with E-state index in [0.717, 1.165) is 29.4 Å². The lowest BCUT2D eigenvalue weighted by molar-refractivity contribution is 0.403. The van der Waals surface area contributed by atoms with Crippen LogP contribution in [-0.2, 0) is 18.4 Å². The molecule has 3 rings (SSSR count). The fourth-order valence-electron chi connectivity index (χ4n) is 3.06. The molecule has 0 spiro atoms. The largest absolute Gasteiger partial charge is 0.497 e. The molecule has 0 heterocycles. The summed E-state index contributed by atoms with van der Waals surface area (Å²) >= 11 is 0. The summed E-state index contributed by atoms with van der Waals surface area (Å²) in [6, 6.07) is 10.0. The van der Waals surface area contributed by atoms with Crippen molar-refractivity contribution in [3.8, 4) is 5.75 Å². The number of ether oxygens (including phenoxy) is 1. The summed E-state index contributed by atoms with van der Waals surface area (Å²) in [5.41, 5.74) is 8.24. The summed E-state index contributed by atoms with van der Waals surface area (Å²) in [4.78, 5) is 0. The maximum atomic E-state index is 13.9. The first-order valence-corrected chi connectivity index (χ1v) is 6.93. The highest BCUT2D eigenvalue weighted by Crippen LogP contribution is 2.39. The zero-order valence-corrected chi connectivity index (χ0v) is 11.8. The van der Waals surface area contributed by atoms with Crippen molar-refractivity contribution >= 4 is 0 Å². The third-order valence-corrected chi connectivity index (χ3v) is 4.23. The minimum absolute atomic E-state index is 0.275. The SMILES string of the molecule is COc1ccc2c(c1)C(N)(Cc1cccc(F)c1F)CC2. The molecule has 0 radical (unpaired) electrons. The van der Waals surface area contributed by atoms with Crippen LogP contribution in [0.3, 0.4) is 0 Å². The summed E-state index contributed by atoms with van der Waals surface area (Å²) in [6.07, 6.45) is 1.83. The Morgan fingerprint density at radius 1 is 1.24 bits per heavy atom. The van der Waals surface area contributed by atoms with Gasteiger partial charge in [-0.25, -0.2) is 8.78 Å². The number of aryl methyl sites for hydroxylation is 1. The molecular formula is C17H17F2NO. The van der Waals surface area contributed by atoms with Crippen molar-refractivity contribution in [3.63, 3.8) is 0 Å². The van der Waals surface area contributed by atoms with Crippen molar-refractivity contribution in [3.05, 3.63) is 64.7 Å². The lowest BCUT2D eigenvalue weighted by Crippen LogP contribution is -2.37. The summed E-state index contributed by atoms with van der Waals surface area (Å²) in [5, 5.41) is 0. The third kappa shape index (κ3) is 2.40. The van der Waals surface area contributed by atoms with Crippen molar-refractivity contribution in [1.29, 1.82) is 0 Å². The van der Waals surface area contributed by atoms with Gasteiger partial charge in [0.2, 0.25) is 0 Å². The summed E-state index contributed by atoms with van der Waals surface area (Å²) < 4.78 is 32.5.